The predicted octanol–water partition coefficient (Wildman–Crippen LogP) is 3.60. The Morgan fingerprint density at radius 3 is 2.46 bits per heavy atom. The highest BCUT2D eigenvalue weighted by molar-refractivity contribution is 5.94. The van der Waals surface area contributed by atoms with Crippen molar-refractivity contribution in [2.45, 2.75) is 31.7 Å². The van der Waals surface area contributed by atoms with Crippen LogP contribution < -0.4 is 5.32 Å². The molecule has 1 atom stereocenters. The molecule has 0 spiro atoms. The normalized spacial score (nSPS) is 15.0. The van der Waals surface area contributed by atoms with Crippen LogP contribution in [0.1, 0.15) is 45.9 Å². The number of amides is 1. The van der Waals surface area contributed by atoms with Crippen molar-refractivity contribution >= 4 is 5.91 Å². The van der Waals surface area contributed by atoms with Gasteiger partial charge >= 0.3 is 0 Å². The molecule has 2 aromatic carbocycles. The van der Waals surface area contributed by atoms with Crippen molar-refractivity contribution in [3.8, 4) is 0 Å². The molecule has 0 fully saturated rings. The van der Waals surface area contributed by atoms with Crippen molar-refractivity contribution in [1.29, 1.82) is 0 Å². The summed E-state index contributed by atoms with van der Waals surface area (Å²) in [6.07, 6.45) is 4.73. The maximum atomic E-state index is 12.8. The van der Waals surface area contributed by atoms with E-state index in [0.717, 1.165) is 30.5 Å². The van der Waals surface area contributed by atoms with Gasteiger partial charge in [0.25, 0.3) is 5.91 Å². The number of carbonyl (C=O) groups is 1. The molecular formula is C21H26N2O. The van der Waals surface area contributed by atoms with Gasteiger partial charge < -0.3 is 10.2 Å². The summed E-state index contributed by atoms with van der Waals surface area (Å²) in [7, 11) is 4.06. The molecule has 2 aromatic rings. The molecule has 1 aliphatic carbocycles. The lowest BCUT2D eigenvalue weighted by Gasteiger charge is -2.23. The molecule has 0 saturated heterocycles. The fourth-order valence-electron chi connectivity index (χ4n) is 3.40. The van der Waals surface area contributed by atoms with E-state index in [1.807, 2.05) is 38.4 Å². The van der Waals surface area contributed by atoms with Gasteiger partial charge in [0.15, 0.2) is 0 Å². The van der Waals surface area contributed by atoms with Gasteiger partial charge in [-0.05, 0) is 68.6 Å². The second-order valence-electron chi connectivity index (χ2n) is 6.89. The zero-order valence-corrected chi connectivity index (χ0v) is 14.6. The summed E-state index contributed by atoms with van der Waals surface area (Å²) in [5.41, 5.74) is 4.66. The van der Waals surface area contributed by atoms with Gasteiger partial charge in [-0.3, -0.25) is 4.79 Å². The van der Waals surface area contributed by atoms with Crippen LogP contribution in [-0.4, -0.2) is 31.4 Å². The van der Waals surface area contributed by atoms with E-state index >= 15 is 0 Å². The van der Waals surface area contributed by atoms with Gasteiger partial charge in [-0.25, -0.2) is 0 Å². The van der Waals surface area contributed by atoms with Crippen molar-refractivity contribution < 1.29 is 4.79 Å². The highest BCUT2D eigenvalue weighted by atomic mass is 16.1. The van der Waals surface area contributed by atoms with Gasteiger partial charge in [0, 0.05) is 12.1 Å². The Labute approximate surface area is 144 Å². The lowest BCUT2D eigenvalue weighted by atomic mass is 9.90. The first kappa shape index (κ1) is 16.7. The van der Waals surface area contributed by atoms with E-state index in [1.54, 1.807) is 0 Å². The molecule has 0 bridgehead atoms. The minimum Gasteiger partial charge on any atom is -0.344 e. The first-order valence-corrected chi connectivity index (χ1v) is 8.76. The third kappa shape index (κ3) is 4.04. The number of carbonyl (C=O) groups excluding carboxylic acids is 1. The molecule has 0 aliphatic heterocycles. The second-order valence-corrected chi connectivity index (χ2v) is 6.89. The number of nitrogens with zero attached hydrogens (tertiary/aromatic N) is 1. The monoisotopic (exact) mass is 322 g/mol. The molecule has 1 amide bonds. The smallest absolute Gasteiger partial charge is 0.251 e. The van der Waals surface area contributed by atoms with Crippen LogP contribution in [0.5, 0.6) is 0 Å². The molecule has 3 rings (SSSR count). The lowest BCUT2D eigenvalue weighted by molar-refractivity contribution is 0.0930. The molecule has 0 heterocycles. The van der Waals surface area contributed by atoms with Gasteiger partial charge in [-0.15, -0.1) is 0 Å². The first-order chi connectivity index (χ1) is 11.6. The van der Waals surface area contributed by atoms with Crippen molar-refractivity contribution in [3.63, 3.8) is 0 Å². The third-order valence-corrected chi connectivity index (χ3v) is 4.67. The summed E-state index contributed by atoms with van der Waals surface area (Å²) in [6, 6.07) is 16.4. The highest BCUT2D eigenvalue weighted by Gasteiger charge is 2.18. The minimum absolute atomic E-state index is 0.00951. The molecule has 24 heavy (non-hydrogen) atoms. The topological polar surface area (TPSA) is 32.3 Å². The van der Waals surface area contributed by atoms with E-state index in [1.165, 1.54) is 24.0 Å². The number of hydrogen-bond acceptors (Lipinski definition) is 2. The zero-order valence-electron chi connectivity index (χ0n) is 14.6. The summed E-state index contributed by atoms with van der Waals surface area (Å²) in [5, 5.41) is 3.21. The van der Waals surface area contributed by atoms with Gasteiger partial charge in [0.05, 0.1) is 6.04 Å². The molecular weight excluding hydrogens is 296 g/mol. The first-order valence-electron chi connectivity index (χ1n) is 8.76. The average molecular weight is 322 g/mol. The number of hydrogen-bond donors (Lipinski definition) is 1. The Hall–Kier alpha value is -2.13. The Bertz CT molecular complexity index is 694. The van der Waals surface area contributed by atoms with Crippen molar-refractivity contribution in [2.75, 3.05) is 20.6 Å². The van der Waals surface area contributed by atoms with Gasteiger partial charge in [0.2, 0.25) is 0 Å². The molecule has 0 aromatic heterocycles. The molecule has 1 N–H and O–H groups in total. The summed E-state index contributed by atoms with van der Waals surface area (Å²) >= 11 is 0. The largest absolute Gasteiger partial charge is 0.344 e. The van der Waals surface area contributed by atoms with Gasteiger partial charge in [0.1, 0.15) is 0 Å². The summed E-state index contributed by atoms with van der Waals surface area (Å²) in [4.78, 5) is 14.9. The zero-order chi connectivity index (χ0) is 16.9. The van der Waals surface area contributed by atoms with Crippen LogP contribution in [-0.2, 0) is 12.8 Å². The average Bonchev–Trinajstić information content (AvgIpc) is 2.61. The maximum absolute atomic E-state index is 12.8. The molecule has 3 heteroatoms. The fraction of sp³-hybridized carbons (Fsp3) is 0.381. The third-order valence-electron chi connectivity index (χ3n) is 4.67. The summed E-state index contributed by atoms with van der Waals surface area (Å²) in [5.74, 6) is 0.0130. The Kier molecular flexibility index (Phi) is 5.31. The lowest BCUT2D eigenvalue weighted by Crippen LogP contribution is -2.35. The summed E-state index contributed by atoms with van der Waals surface area (Å²) in [6.45, 7) is 0.778. The standard InChI is InChI=1S/C21H26N2O/c1-23(2)15-20(17-9-4-3-5-10-17)22-21(24)19-13-12-16-8-6-7-11-18(16)14-19/h3-5,9-10,12-14,20H,6-8,11,15H2,1-2H3,(H,22,24)/t20-/m1/s1. The predicted molar refractivity (Wildman–Crippen MR) is 98.3 cm³/mol. The van der Waals surface area contributed by atoms with E-state index in [-0.39, 0.29) is 11.9 Å². The SMILES string of the molecule is CN(C)C[C@@H](NC(=O)c1ccc2c(c1)CCCC2)c1ccccc1. The van der Waals surface area contributed by atoms with E-state index in [4.69, 9.17) is 0 Å². The van der Waals surface area contributed by atoms with Crippen LogP contribution in [0.15, 0.2) is 48.5 Å². The van der Waals surface area contributed by atoms with Crippen LogP contribution >= 0.6 is 0 Å². The number of rotatable bonds is 5. The number of likely N-dealkylation sites (N-methyl/N-ethyl adjacent to an activating group) is 1. The van der Waals surface area contributed by atoms with Gasteiger partial charge in [-0.1, -0.05) is 36.4 Å². The quantitative estimate of drug-likeness (QED) is 0.912. The van der Waals surface area contributed by atoms with Gasteiger partial charge in [-0.2, -0.15) is 0 Å². The molecule has 0 radical (unpaired) electrons. The number of benzene rings is 2. The molecule has 3 nitrogen and oxygen atoms in total. The van der Waals surface area contributed by atoms with E-state index < -0.39 is 0 Å². The fourth-order valence-corrected chi connectivity index (χ4v) is 3.40. The maximum Gasteiger partial charge on any atom is 0.251 e. The molecule has 126 valence electrons. The Morgan fingerprint density at radius 1 is 1.04 bits per heavy atom. The van der Waals surface area contributed by atoms with Crippen molar-refractivity contribution in [2.24, 2.45) is 0 Å². The van der Waals surface area contributed by atoms with Crippen LogP contribution in [0, 0.1) is 0 Å². The van der Waals surface area contributed by atoms with Crippen LogP contribution in [0.25, 0.3) is 0 Å². The van der Waals surface area contributed by atoms with E-state index in [2.05, 4.69) is 34.5 Å². The van der Waals surface area contributed by atoms with Crippen LogP contribution in [0.2, 0.25) is 0 Å². The van der Waals surface area contributed by atoms with E-state index in [0.29, 0.717) is 0 Å². The Balaban J connectivity index is 1.78. The highest BCUT2D eigenvalue weighted by Crippen LogP contribution is 2.23. The van der Waals surface area contributed by atoms with Crippen molar-refractivity contribution in [3.05, 3.63) is 70.8 Å². The second kappa shape index (κ2) is 7.63. The number of aryl methyl sites for hydroxylation is 2. The van der Waals surface area contributed by atoms with E-state index in [9.17, 15) is 4.79 Å². The van der Waals surface area contributed by atoms with Crippen molar-refractivity contribution in [1.82, 2.24) is 10.2 Å². The number of fused-ring (bicyclic) bond motifs is 1. The molecule has 0 saturated carbocycles. The molecule has 0 unspecified atom stereocenters. The summed E-state index contributed by atoms with van der Waals surface area (Å²) < 4.78 is 0. The van der Waals surface area contributed by atoms with Crippen LogP contribution in [0.3, 0.4) is 0 Å². The molecule has 1 aliphatic rings. The van der Waals surface area contributed by atoms with Crippen LogP contribution in [0.4, 0.5) is 0 Å². The Morgan fingerprint density at radius 2 is 1.75 bits per heavy atom. The minimum atomic E-state index is -0.00951. The number of nitrogens with one attached hydrogen (secondary N) is 1.